The molecule has 0 aliphatic heterocycles. The number of aliphatic hydroxyl groups is 1. The Labute approximate surface area is 179 Å². The Bertz CT molecular complexity index is 903. The normalized spacial score (nSPS) is 17.1. The van der Waals surface area contributed by atoms with Crippen molar-refractivity contribution in [2.45, 2.75) is 55.4 Å². The Kier molecular flexibility index (Phi) is 8.43. The molecular formula is C23H33NO5S. The molecule has 1 saturated carbocycles. The van der Waals surface area contributed by atoms with E-state index in [4.69, 9.17) is 4.55 Å². The summed E-state index contributed by atoms with van der Waals surface area (Å²) in [6, 6.07) is 13.6. The Morgan fingerprint density at radius 1 is 1.00 bits per heavy atom. The molecule has 3 N–H and O–H groups in total. The van der Waals surface area contributed by atoms with Crippen LogP contribution >= 0.6 is 0 Å². The van der Waals surface area contributed by atoms with Gasteiger partial charge in [0.15, 0.2) is 0 Å². The fraction of sp³-hybridized carbons (Fsp3) is 0.478. The zero-order valence-electron chi connectivity index (χ0n) is 18.0. The van der Waals surface area contributed by atoms with E-state index >= 15 is 0 Å². The van der Waals surface area contributed by atoms with Crippen molar-refractivity contribution >= 4 is 10.1 Å². The van der Waals surface area contributed by atoms with Crippen LogP contribution in [0.1, 0.15) is 49.1 Å². The van der Waals surface area contributed by atoms with Crippen LogP contribution < -0.4 is 0 Å². The molecule has 1 atom stereocenters. The average molecular weight is 436 g/mol. The Morgan fingerprint density at radius 2 is 1.57 bits per heavy atom. The quantitative estimate of drug-likeness (QED) is 0.615. The third kappa shape index (κ3) is 6.80. The molecule has 3 rings (SSSR count). The minimum atomic E-state index is -4.03. The summed E-state index contributed by atoms with van der Waals surface area (Å²) in [5, 5.41) is 20.4. The lowest BCUT2D eigenvalue weighted by Crippen LogP contribution is -2.42. The standard InChI is InChI=1S/C16H25NO2.C7H8O3S/c1-17(2)12-15(13-6-8-14(18)9-7-13)16(19)10-4-3-5-11-16;1-6-4-2-3-5-7(6)11(8,9)10/h6-9,15,18-19H,3-5,10-12H2,1-2H3;2-5H,1H3,(H,8,9,10). The third-order valence-corrected chi connectivity index (χ3v) is 6.60. The molecule has 1 fully saturated rings. The minimum Gasteiger partial charge on any atom is -0.508 e. The smallest absolute Gasteiger partial charge is 0.294 e. The number of hydrogen-bond acceptors (Lipinski definition) is 5. The monoisotopic (exact) mass is 435 g/mol. The molecule has 0 spiro atoms. The SMILES string of the molecule is CN(C)CC(c1ccc(O)cc1)C1(O)CCCCC1.Cc1ccccc1S(=O)(=O)O. The first-order chi connectivity index (χ1) is 14.0. The first kappa shape index (κ1) is 24.3. The summed E-state index contributed by atoms with van der Waals surface area (Å²) in [5.41, 5.74) is 1.07. The van der Waals surface area contributed by atoms with Gasteiger partial charge in [0.1, 0.15) is 5.75 Å². The molecule has 2 aromatic carbocycles. The van der Waals surface area contributed by atoms with E-state index in [2.05, 4.69) is 4.90 Å². The highest BCUT2D eigenvalue weighted by Gasteiger charge is 2.38. The lowest BCUT2D eigenvalue weighted by molar-refractivity contribution is -0.0277. The van der Waals surface area contributed by atoms with Crippen LogP contribution in [-0.4, -0.2) is 54.3 Å². The molecule has 166 valence electrons. The number of hydrogen-bond donors (Lipinski definition) is 3. The fourth-order valence-corrected chi connectivity index (χ4v) is 4.74. The van der Waals surface area contributed by atoms with Crippen molar-refractivity contribution in [3.05, 3.63) is 59.7 Å². The minimum absolute atomic E-state index is 0.0278. The Morgan fingerprint density at radius 3 is 2.03 bits per heavy atom. The first-order valence-corrected chi connectivity index (χ1v) is 11.7. The van der Waals surface area contributed by atoms with Crippen LogP contribution in [0.25, 0.3) is 0 Å². The first-order valence-electron chi connectivity index (χ1n) is 10.2. The molecule has 0 amide bonds. The van der Waals surface area contributed by atoms with Crippen LogP contribution in [0.4, 0.5) is 0 Å². The number of aromatic hydroxyl groups is 1. The topological polar surface area (TPSA) is 98.1 Å². The second-order valence-corrected chi connectivity index (χ2v) is 9.70. The van der Waals surface area contributed by atoms with E-state index in [9.17, 15) is 18.6 Å². The van der Waals surface area contributed by atoms with Gasteiger partial charge in [-0.05, 0) is 63.2 Å². The molecule has 30 heavy (non-hydrogen) atoms. The van der Waals surface area contributed by atoms with Crippen molar-refractivity contribution in [1.29, 1.82) is 0 Å². The van der Waals surface area contributed by atoms with Crippen molar-refractivity contribution in [2.75, 3.05) is 20.6 Å². The molecule has 7 heteroatoms. The fourth-order valence-electron chi connectivity index (χ4n) is 4.02. The van der Waals surface area contributed by atoms with Gasteiger partial charge in [0.25, 0.3) is 10.1 Å². The maximum Gasteiger partial charge on any atom is 0.294 e. The van der Waals surface area contributed by atoms with E-state index < -0.39 is 15.7 Å². The van der Waals surface area contributed by atoms with Gasteiger partial charge in [0, 0.05) is 12.5 Å². The highest BCUT2D eigenvalue weighted by atomic mass is 32.2. The van der Waals surface area contributed by atoms with Crippen LogP contribution in [0, 0.1) is 6.92 Å². The summed E-state index contributed by atoms with van der Waals surface area (Å²) in [6.07, 6.45) is 5.21. The number of phenolic OH excluding ortho intramolecular Hbond substituents is 1. The Balaban J connectivity index is 0.000000248. The lowest BCUT2D eigenvalue weighted by Gasteiger charge is -2.40. The number of benzene rings is 2. The molecule has 0 saturated heterocycles. The Hall–Kier alpha value is -1.93. The zero-order chi connectivity index (χ0) is 22.4. The van der Waals surface area contributed by atoms with Gasteiger partial charge in [-0.25, -0.2) is 0 Å². The largest absolute Gasteiger partial charge is 0.508 e. The lowest BCUT2D eigenvalue weighted by atomic mass is 9.72. The molecule has 0 bridgehead atoms. The molecule has 6 nitrogen and oxygen atoms in total. The maximum atomic E-state index is 11.0. The van der Waals surface area contributed by atoms with Crippen molar-refractivity contribution in [3.8, 4) is 5.75 Å². The average Bonchev–Trinajstić information content (AvgIpc) is 2.67. The van der Waals surface area contributed by atoms with Gasteiger partial charge < -0.3 is 15.1 Å². The number of rotatable bonds is 5. The number of phenols is 1. The van der Waals surface area contributed by atoms with E-state index in [0.29, 0.717) is 5.56 Å². The summed E-state index contributed by atoms with van der Waals surface area (Å²) in [6.45, 7) is 2.46. The second kappa shape index (κ2) is 10.4. The predicted octanol–water partition coefficient (Wildman–Crippen LogP) is 3.97. The molecule has 1 aliphatic rings. The van der Waals surface area contributed by atoms with Gasteiger partial charge in [0.05, 0.1) is 10.5 Å². The van der Waals surface area contributed by atoms with Gasteiger partial charge in [-0.15, -0.1) is 0 Å². The summed E-state index contributed by atoms with van der Waals surface area (Å²) < 4.78 is 29.9. The summed E-state index contributed by atoms with van der Waals surface area (Å²) in [7, 11) is 0.0490. The van der Waals surface area contributed by atoms with Crippen LogP contribution in [-0.2, 0) is 10.1 Å². The van der Waals surface area contributed by atoms with E-state index in [1.54, 1.807) is 37.3 Å². The molecule has 2 aromatic rings. The van der Waals surface area contributed by atoms with Crippen molar-refractivity contribution < 1.29 is 23.2 Å². The van der Waals surface area contributed by atoms with Crippen LogP contribution in [0.5, 0.6) is 5.75 Å². The summed E-state index contributed by atoms with van der Waals surface area (Å²) >= 11 is 0. The third-order valence-electron chi connectivity index (χ3n) is 5.58. The molecule has 1 unspecified atom stereocenters. The molecule has 1 aliphatic carbocycles. The van der Waals surface area contributed by atoms with Crippen molar-refractivity contribution in [1.82, 2.24) is 4.90 Å². The molecule has 0 radical (unpaired) electrons. The predicted molar refractivity (Wildman–Crippen MR) is 118 cm³/mol. The number of nitrogens with zero attached hydrogens (tertiary/aromatic N) is 1. The van der Waals surface area contributed by atoms with Gasteiger partial charge in [0.2, 0.25) is 0 Å². The maximum absolute atomic E-state index is 11.0. The zero-order valence-corrected chi connectivity index (χ0v) is 18.8. The molecule has 0 aromatic heterocycles. The van der Waals surface area contributed by atoms with Gasteiger partial charge >= 0.3 is 0 Å². The van der Waals surface area contributed by atoms with Crippen LogP contribution in [0.3, 0.4) is 0 Å². The van der Waals surface area contributed by atoms with Crippen LogP contribution in [0.15, 0.2) is 53.4 Å². The summed E-state index contributed by atoms with van der Waals surface area (Å²) in [5.74, 6) is 0.395. The van der Waals surface area contributed by atoms with Gasteiger partial charge in [-0.3, -0.25) is 4.55 Å². The van der Waals surface area contributed by atoms with Gasteiger partial charge in [-0.2, -0.15) is 8.42 Å². The number of likely N-dealkylation sites (N-methyl/N-ethyl adjacent to an activating group) is 1. The van der Waals surface area contributed by atoms with E-state index in [1.165, 1.54) is 12.5 Å². The molecule has 0 heterocycles. The number of aryl methyl sites for hydroxylation is 1. The second-order valence-electron chi connectivity index (χ2n) is 8.31. The van der Waals surface area contributed by atoms with E-state index in [-0.39, 0.29) is 16.6 Å². The summed E-state index contributed by atoms with van der Waals surface area (Å²) in [4.78, 5) is 2.10. The highest BCUT2D eigenvalue weighted by molar-refractivity contribution is 7.85. The van der Waals surface area contributed by atoms with E-state index in [0.717, 1.165) is 37.8 Å². The van der Waals surface area contributed by atoms with Crippen LogP contribution in [0.2, 0.25) is 0 Å². The van der Waals surface area contributed by atoms with E-state index in [1.807, 2.05) is 26.2 Å². The van der Waals surface area contributed by atoms with Crippen molar-refractivity contribution in [3.63, 3.8) is 0 Å². The highest BCUT2D eigenvalue weighted by Crippen LogP contribution is 2.40. The molecular weight excluding hydrogens is 402 g/mol. The van der Waals surface area contributed by atoms with Crippen molar-refractivity contribution in [2.24, 2.45) is 0 Å². The van der Waals surface area contributed by atoms with Gasteiger partial charge in [-0.1, -0.05) is 49.6 Å².